The highest BCUT2D eigenvalue weighted by atomic mass is 79.9. The molecule has 17 heavy (non-hydrogen) atoms. The van der Waals surface area contributed by atoms with Gasteiger partial charge in [-0.1, -0.05) is 15.9 Å². The first-order valence-electron chi connectivity index (χ1n) is 4.93. The zero-order valence-corrected chi connectivity index (χ0v) is 11.7. The number of hydrogen-bond donors (Lipinski definition) is 0. The molecule has 0 aliphatic rings. The van der Waals surface area contributed by atoms with E-state index in [0.29, 0.717) is 21.1 Å². The van der Waals surface area contributed by atoms with Gasteiger partial charge in [-0.15, -0.1) is 11.3 Å². The molecule has 1 aromatic carbocycles. The van der Waals surface area contributed by atoms with Crippen LogP contribution in [0.4, 0.5) is 4.39 Å². The Bertz CT molecular complexity index is 594. The maximum Gasteiger partial charge on any atom is 0.171 e. The number of Topliss-reactive ketones (excluding diaryl/α,β-unsaturated/α-hetero) is 1. The van der Waals surface area contributed by atoms with E-state index in [1.165, 1.54) is 24.3 Å². The van der Waals surface area contributed by atoms with Crippen molar-refractivity contribution in [2.24, 2.45) is 0 Å². The summed E-state index contributed by atoms with van der Waals surface area (Å²) in [6, 6.07) is 4.67. The van der Waals surface area contributed by atoms with Crippen LogP contribution in [0.5, 0.6) is 0 Å². The molecule has 0 aliphatic carbocycles. The van der Waals surface area contributed by atoms with Crippen LogP contribution in [0.3, 0.4) is 0 Å². The molecule has 0 N–H and O–H groups in total. The number of benzene rings is 1. The van der Waals surface area contributed by atoms with E-state index in [1.54, 1.807) is 19.1 Å². The van der Waals surface area contributed by atoms with Gasteiger partial charge in [-0.3, -0.25) is 4.79 Å². The zero-order valence-electron chi connectivity index (χ0n) is 9.25. The Hall–Kier alpha value is -1.07. The van der Waals surface area contributed by atoms with E-state index in [-0.39, 0.29) is 11.6 Å². The zero-order chi connectivity index (χ0) is 12.6. The lowest BCUT2D eigenvalue weighted by Crippen LogP contribution is -1.89. The summed E-state index contributed by atoms with van der Waals surface area (Å²) in [6.45, 7) is 3.24. The van der Waals surface area contributed by atoms with Gasteiger partial charge in [-0.2, -0.15) is 0 Å². The molecular formula is C12H9BrFNOS. The van der Waals surface area contributed by atoms with E-state index in [2.05, 4.69) is 20.9 Å². The summed E-state index contributed by atoms with van der Waals surface area (Å²) in [5.74, 6) is -0.376. The van der Waals surface area contributed by atoms with E-state index in [9.17, 15) is 9.18 Å². The molecule has 0 unspecified atom stereocenters. The van der Waals surface area contributed by atoms with Gasteiger partial charge in [0.05, 0.1) is 10.6 Å². The Labute approximate surface area is 111 Å². The average molecular weight is 314 g/mol. The molecule has 0 atom stereocenters. The topological polar surface area (TPSA) is 30.0 Å². The van der Waals surface area contributed by atoms with Crippen molar-refractivity contribution in [3.63, 3.8) is 0 Å². The van der Waals surface area contributed by atoms with Gasteiger partial charge in [0.1, 0.15) is 10.8 Å². The van der Waals surface area contributed by atoms with Gasteiger partial charge >= 0.3 is 0 Å². The number of rotatable bonds is 2. The van der Waals surface area contributed by atoms with Gasteiger partial charge in [0.15, 0.2) is 5.78 Å². The van der Waals surface area contributed by atoms with Crippen LogP contribution in [-0.4, -0.2) is 10.8 Å². The molecule has 0 spiro atoms. The number of nitrogens with zero attached hydrogens (tertiary/aromatic N) is 1. The molecule has 0 bridgehead atoms. The number of carbonyl (C=O) groups excluding carboxylic acids is 1. The molecule has 0 amide bonds. The first kappa shape index (κ1) is 12.4. The van der Waals surface area contributed by atoms with Crippen molar-refractivity contribution in [2.45, 2.75) is 13.8 Å². The second-order valence-corrected chi connectivity index (χ2v) is 5.53. The molecule has 5 heteroatoms. The Morgan fingerprint density at radius 2 is 2.18 bits per heavy atom. The van der Waals surface area contributed by atoms with Crippen LogP contribution >= 0.6 is 27.3 Å². The largest absolute Gasteiger partial charge is 0.294 e. The minimum absolute atomic E-state index is 0.0401. The molecule has 1 aromatic heterocycles. The third-order valence-corrected chi connectivity index (χ3v) is 4.06. The van der Waals surface area contributed by atoms with Crippen LogP contribution in [0.25, 0.3) is 10.6 Å². The van der Waals surface area contributed by atoms with E-state index in [4.69, 9.17) is 0 Å². The van der Waals surface area contributed by atoms with E-state index in [1.807, 2.05) is 0 Å². The van der Waals surface area contributed by atoms with E-state index in [0.717, 1.165) is 4.47 Å². The molecule has 2 rings (SSSR count). The van der Waals surface area contributed by atoms with Gasteiger partial charge in [-0.25, -0.2) is 9.37 Å². The van der Waals surface area contributed by atoms with Crippen molar-refractivity contribution >= 4 is 33.0 Å². The quantitative estimate of drug-likeness (QED) is 0.777. The minimum atomic E-state index is -0.336. The first-order chi connectivity index (χ1) is 7.99. The Kier molecular flexibility index (Phi) is 3.40. The number of ketones is 1. The van der Waals surface area contributed by atoms with E-state index < -0.39 is 0 Å². The van der Waals surface area contributed by atoms with Gasteiger partial charge in [0, 0.05) is 17.0 Å². The highest BCUT2D eigenvalue weighted by molar-refractivity contribution is 9.10. The smallest absolute Gasteiger partial charge is 0.171 e. The Morgan fingerprint density at radius 1 is 1.47 bits per heavy atom. The second kappa shape index (κ2) is 4.66. The van der Waals surface area contributed by atoms with Gasteiger partial charge in [0.2, 0.25) is 0 Å². The maximum absolute atomic E-state index is 13.7. The fourth-order valence-corrected chi connectivity index (χ4v) is 2.84. The lowest BCUT2D eigenvalue weighted by atomic mass is 10.2. The summed E-state index contributed by atoms with van der Waals surface area (Å²) in [5, 5.41) is 0.534. The molecule has 2 nitrogen and oxygen atoms in total. The predicted molar refractivity (Wildman–Crippen MR) is 69.9 cm³/mol. The fraction of sp³-hybridized carbons (Fsp3) is 0.167. The summed E-state index contributed by atoms with van der Waals surface area (Å²) >= 11 is 4.51. The van der Waals surface area contributed by atoms with Crippen molar-refractivity contribution in [1.82, 2.24) is 4.98 Å². The summed E-state index contributed by atoms with van der Waals surface area (Å²) in [4.78, 5) is 16.2. The Balaban J connectivity index is 2.57. The van der Waals surface area contributed by atoms with Crippen LogP contribution in [0.1, 0.15) is 22.3 Å². The second-order valence-electron chi connectivity index (χ2n) is 3.61. The van der Waals surface area contributed by atoms with Crippen LogP contribution in [0, 0.1) is 12.7 Å². The standard InChI is InChI=1S/C12H9BrFNOS/c1-6-11(7(2)16)17-12(15-6)9-5-8(13)3-4-10(9)14/h3-5H,1-2H3. The van der Waals surface area contributed by atoms with Crippen molar-refractivity contribution in [3.05, 3.63) is 39.1 Å². The summed E-state index contributed by atoms with van der Waals surface area (Å²) < 4.78 is 14.4. The highest BCUT2D eigenvalue weighted by Gasteiger charge is 2.15. The van der Waals surface area contributed by atoms with Crippen LogP contribution in [0.2, 0.25) is 0 Å². The lowest BCUT2D eigenvalue weighted by molar-refractivity contribution is 0.102. The number of carbonyl (C=O) groups is 1. The monoisotopic (exact) mass is 313 g/mol. The number of halogens is 2. The lowest BCUT2D eigenvalue weighted by Gasteiger charge is -1.99. The number of aryl methyl sites for hydroxylation is 1. The van der Waals surface area contributed by atoms with Gasteiger partial charge < -0.3 is 0 Å². The molecule has 0 radical (unpaired) electrons. The summed E-state index contributed by atoms with van der Waals surface area (Å²) in [6.07, 6.45) is 0. The van der Waals surface area contributed by atoms with Crippen molar-refractivity contribution in [3.8, 4) is 10.6 Å². The van der Waals surface area contributed by atoms with Crippen LogP contribution < -0.4 is 0 Å². The predicted octanol–water partition coefficient (Wildman–Crippen LogP) is 4.22. The summed E-state index contributed by atoms with van der Waals surface area (Å²) in [7, 11) is 0. The molecule has 0 saturated carbocycles. The average Bonchev–Trinajstić information content (AvgIpc) is 2.64. The molecule has 2 aromatic rings. The highest BCUT2D eigenvalue weighted by Crippen LogP contribution is 2.31. The summed E-state index contributed by atoms with van der Waals surface area (Å²) in [5.41, 5.74) is 1.07. The first-order valence-corrected chi connectivity index (χ1v) is 6.54. The van der Waals surface area contributed by atoms with Crippen molar-refractivity contribution in [2.75, 3.05) is 0 Å². The molecule has 0 fully saturated rings. The number of thiazole rings is 1. The molecule has 0 saturated heterocycles. The Morgan fingerprint density at radius 3 is 2.76 bits per heavy atom. The van der Waals surface area contributed by atoms with Crippen molar-refractivity contribution < 1.29 is 9.18 Å². The molecular weight excluding hydrogens is 305 g/mol. The van der Waals surface area contributed by atoms with Crippen LogP contribution in [-0.2, 0) is 0 Å². The molecule has 88 valence electrons. The van der Waals surface area contributed by atoms with Crippen LogP contribution in [0.15, 0.2) is 22.7 Å². The maximum atomic E-state index is 13.7. The molecule has 1 heterocycles. The van der Waals surface area contributed by atoms with Gasteiger partial charge in [0.25, 0.3) is 0 Å². The number of hydrogen-bond acceptors (Lipinski definition) is 3. The van der Waals surface area contributed by atoms with Gasteiger partial charge in [-0.05, 0) is 25.1 Å². The minimum Gasteiger partial charge on any atom is -0.294 e. The normalized spacial score (nSPS) is 10.6. The number of aromatic nitrogens is 1. The SMILES string of the molecule is CC(=O)c1sc(-c2cc(Br)ccc2F)nc1C. The third kappa shape index (κ3) is 2.45. The molecule has 0 aliphatic heterocycles. The third-order valence-electron chi connectivity index (χ3n) is 2.28. The fourth-order valence-electron chi connectivity index (χ4n) is 1.50. The van der Waals surface area contributed by atoms with Crippen molar-refractivity contribution in [1.29, 1.82) is 0 Å². The van der Waals surface area contributed by atoms with E-state index >= 15 is 0 Å².